The first-order valence-electron chi connectivity index (χ1n) is 10.3. The second-order valence-corrected chi connectivity index (χ2v) is 9.03. The largest absolute Gasteiger partial charge is 0.464 e. The minimum Gasteiger partial charge on any atom is -0.464 e. The average Bonchev–Trinajstić information content (AvgIpc) is 2.79. The Morgan fingerprint density at radius 2 is 1.70 bits per heavy atom. The molecule has 162 valence electrons. The fourth-order valence-corrected chi connectivity index (χ4v) is 5.01. The van der Waals surface area contributed by atoms with Gasteiger partial charge in [0, 0.05) is 6.54 Å². The first-order valence-corrected chi connectivity index (χ1v) is 11.7. The zero-order valence-electron chi connectivity index (χ0n) is 16.9. The molecule has 1 aliphatic rings. The third-order valence-corrected chi connectivity index (χ3v) is 6.84. The van der Waals surface area contributed by atoms with Crippen LogP contribution in [0.2, 0.25) is 0 Å². The van der Waals surface area contributed by atoms with Gasteiger partial charge in [-0.15, -0.1) is 4.47 Å². The van der Waals surface area contributed by atoms with Crippen molar-refractivity contribution < 1.29 is 23.2 Å². The molecule has 1 unspecified atom stereocenters. The molecule has 0 aromatic heterocycles. The second kappa shape index (κ2) is 10.6. The van der Waals surface area contributed by atoms with Gasteiger partial charge in [-0.2, -0.15) is 12.7 Å². The van der Waals surface area contributed by atoms with Crippen LogP contribution < -0.4 is 4.47 Å². The number of carbonyl (C=O) groups is 1. The number of para-hydroxylation sites is 1. The molecule has 0 spiro atoms. The van der Waals surface area contributed by atoms with Crippen LogP contribution in [-0.2, 0) is 26.2 Å². The maximum absolute atomic E-state index is 12.9. The number of unbranched alkanes of at least 4 members (excludes halogenated alkanes) is 1. The number of nitrogens with zero attached hydrogens (tertiary/aromatic N) is 2. The van der Waals surface area contributed by atoms with Crippen LogP contribution in [0.3, 0.4) is 0 Å². The molecule has 2 aromatic carbocycles. The Hall–Kier alpha value is -2.42. The third kappa shape index (κ3) is 5.59. The van der Waals surface area contributed by atoms with E-state index in [1.54, 1.807) is 18.2 Å². The molecule has 0 radical (unpaired) electrons. The third-order valence-electron chi connectivity index (χ3n) is 5.16. The van der Waals surface area contributed by atoms with E-state index in [0.717, 1.165) is 23.6 Å². The van der Waals surface area contributed by atoms with Crippen LogP contribution in [0.25, 0.3) is 0 Å². The van der Waals surface area contributed by atoms with Crippen LogP contribution >= 0.6 is 0 Å². The zero-order chi connectivity index (χ0) is 21.4. The smallest absolute Gasteiger partial charge is 0.327 e. The predicted octanol–water partition coefficient (Wildman–Crippen LogP) is 3.55. The van der Waals surface area contributed by atoms with Gasteiger partial charge in [-0.25, -0.2) is 0 Å². The van der Waals surface area contributed by atoms with Crippen molar-refractivity contribution in [3.63, 3.8) is 0 Å². The van der Waals surface area contributed by atoms with E-state index in [1.165, 1.54) is 17.7 Å². The summed E-state index contributed by atoms with van der Waals surface area (Å²) < 4.78 is 32.5. The lowest BCUT2D eigenvalue weighted by Gasteiger charge is -2.35. The van der Waals surface area contributed by atoms with Crippen molar-refractivity contribution in [1.82, 2.24) is 4.31 Å². The first-order chi connectivity index (χ1) is 14.5. The Labute approximate surface area is 178 Å². The highest BCUT2D eigenvalue weighted by atomic mass is 32.2. The SMILES string of the molecule is O=C(OCCCCc1ccccc1)C1CCCCN1S(=O)(=O)N(O)c1ccccc1. The van der Waals surface area contributed by atoms with Gasteiger partial charge >= 0.3 is 16.2 Å². The summed E-state index contributed by atoms with van der Waals surface area (Å²) in [6.07, 6.45) is 4.22. The molecule has 1 aliphatic heterocycles. The number of rotatable bonds is 9. The molecule has 1 atom stereocenters. The molecule has 1 heterocycles. The van der Waals surface area contributed by atoms with E-state index in [4.69, 9.17) is 4.74 Å². The summed E-state index contributed by atoms with van der Waals surface area (Å²) >= 11 is 0. The van der Waals surface area contributed by atoms with Gasteiger partial charge in [-0.3, -0.25) is 10.0 Å². The summed E-state index contributed by atoms with van der Waals surface area (Å²) in [5.74, 6) is -0.556. The van der Waals surface area contributed by atoms with E-state index in [1.807, 2.05) is 18.2 Å². The van der Waals surface area contributed by atoms with E-state index < -0.39 is 22.2 Å². The van der Waals surface area contributed by atoms with Gasteiger partial charge in [-0.05, 0) is 56.2 Å². The molecule has 7 nitrogen and oxygen atoms in total. The maximum atomic E-state index is 12.9. The Bertz CT molecular complexity index is 906. The van der Waals surface area contributed by atoms with Gasteiger partial charge in [0.1, 0.15) is 6.04 Å². The minimum absolute atomic E-state index is 0.121. The molecule has 1 saturated heterocycles. The molecule has 8 heteroatoms. The zero-order valence-corrected chi connectivity index (χ0v) is 17.7. The molecule has 3 rings (SSSR count). The molecule has 0 aliphatic carbocycles. The average molecular weight is 433 g/mol. The van der Waals surface area contributed by atoms with Gasteiger partial charge in [-0.1, -0.05) is 48.5 Å². The quantitative estimate of drug-likeness (QED) is 0.372. The Kier molecular flexibility index (Phi) is 7.84. The number of piperidine rings is 1. The Morgan fingerprint density at radius 1 is 1.03 bits per heavy atom. The lowest BCUT2D eigenvalue weighted by Crippen LogP contribution is -2.53. The molecular weight excluding hydrogens is 404 g/mol. The van der Waals surface area contributed by atoms with Crippen molar-refractivity contribution in [3.8, 4) is 0 Å². The predicted molar refractivity (Wildman–Crippen MR) is 114 cm³/mol. The summed E-state index contributed by atoms with van der Waals surface area (Å²) in [6.45, 7) is 0.414. The monoisotopic (exact) mass is 432 g/mol. The highest BCUT2D eigenvalue weighted by Gasteiger charge is 2.40. The lowest BCUT2D eigenvalue weighted by molar-refractivity contribution is -0.149. The highest BCUT2D eigenvalue weighted by Crippen LogP contribution is 2.26. The van der Waals surface area contributed by atoms with E-state index in [2.05, 4.69) is 12.1 Å². The summed E-state index contributed by atoms with van der Waals surface area (Å²) in [4.78, 5) is 12.6. The topological polar surface area (TPSA) is 87.2 Å². The Morgan fingerprint density at radius 3 is 2.40 bits per heavy atom. The molecule has 0 saturated carbocycles. The number of hydrogen-bond donors (Lipinski definition) is 1. The number of carbonyl (C=O) groups excluding carboxylic acids is 1. The summed E-state index contributed by atoms with van der Waals surface area (Å²) in [5, 5.41) is 10.3. The van der Waals surface area contributed by atoms with Gasteiger partial charge in [0.2, 0.25) is 0 Å². The number of anilines is 1. The first kappa shape index (κ1) is 22.3. The van der Waals surface area contributed by atoms with Crippen LogP contribution in [0, 0.1) is 0 Å². The molecule has 2 aromatic rings. The number of hydrogen-bond acceptors (Lipinski definition) is 5. The number of benzene rings is 2. The van der Waals surface area contributed by atoms with Gasteiger partial charge < -0.3 is 4.74 Å². The Balaban J connectivity index is 1.55. The van der Waals surface area contributed by atoms with Gasteiger partial charge in [0.25, 0.3) is 0 Å². The van der Waals surface area contributed by atoms with Crippen molar-refractivity contribution in [2.24, 2.45) is 0 Å². The molecule has 1 N–H and O–H groups in total. The molecule has 0 bridgehead atoms. The van der Waals surface area contributed by atoms with Crippen LogP contribution in [0.1, 0.15) is 37.7 Å². The molecule has 1 fully saturated rings. The standard InChI is InChI=1S/C22H28N2O5S/c25-22(29-18-10-8-13-19-11-3-1-4-12-19)21-16-7-9-17-23(21)30(27,28)24(26)20-14-5-2-6-15-20/h1-6,11-12,14-15,21,26H,7-10,13,16-18H2. The fraction of sp³-hybridized carbons (Fsp3) is 0.409. The van der Waals surface area contributed by atoms with E-state index in [0.29, 0.717) is 19.3 Å². The number of esters is 1. The molecule has 0 amide bonds. The molecular formula is C22H28N2O5S. The second-order valence-electron chi connectivity index (χ2n) is 7.32. The van der Waals surface area contributed by atoms with Crippen LogP contribution in [0.15, 0.2) is 60.7 Å². The van der Waals surface area contributed by atoms with Crippen molar-refractivity contribution in [1.29, 1.82) is 0 Å². The highest BCUT2D eigenvalue weighted by molar-refractivity contribution is 7.90. The van der Waals surface area contributed by atoms with Gasteiger partial charge in [0.15, 0.2) is 0 Å². The summed E-state index contributed by atoms with van der Waals surface area (Å²) in [5.41, 5.74) is 1.36. The lowest BCUT2D eigenvalue weighted by atomic mass is 10.1. The van der Waals surface area contributed by atoms with Crippen LogP contribution in [0.4, 0.5) is 5.69 Å². The van der Waals surface area contributed by atoms with E-state index >= 15 is 0 Å². The number of ether oxygens (including phenoxy) is 1. The fourth-order valence-electron chi connectivity index (χ4n) is 3.55. The minimum atomic E-state index is -4.26. The van der Waals surface area contributed by atoms with E-state index in [-0.39, 0.29) is 23.3 Å². The van der Waals surface area contributed by atoms with Gasteiger partial charge in [0.05, 0.1) is 12.3 Å². The van der Waals surface area contributed by atoms with Crippen LogP contribution in [0.5, 0.6) is 0 Å². The summed E-state index contributed by atoms with van der Waals surface area (Å²) in [6, 6.07) is 17.1. The number of aryl methyl sites for hydroxylation is 1. The van der Waals surface area contributed by atoms with Crippen molar-refractivity contribution >= 4 is 21.9 Å². The van der Waals surface area contributed by atoms with Crippen molar-refractivity contribution in [2.45, 2.75) is 44.6 Å². The normalized spacial score (nSPS) is 17.4. The maximum Gasteiger partial charge on any atom is 0.327 e. The van der Waals surface area contributed by atoms with Crippen LogP contribution in [-0.4, -0.2) is 43.1 Å². The van der Waals surface area contributed by atoms with E-state index in [9.17, 15) is 18.4 Å². The van der Waals surface area contributed by atoms with Crippen molar-refractivity contribution in [3.05, 3.63) is 66.2 Å². The molecule has 30 heavy (non-hydrogen) atoms. The summed E-state index contributed by atoms with van der Waals surface area (Å²) in [7, 11) is -4.26. The van der Waals surface area contributed by atoms with Crippen molar-refractivity contribution in [2.75, 3.05) is 17.6 Å².